The summed E-state index contributed by atoms with van der Waals surface area (Å²) in [6, 6.07) is 82.3. The average Bonchev–Trinajstić information content (AvgIpc) is 3.97. The van der Waals surface area contributed by atoms with Crippen molar-refractivity contribution in [2.24, 2.45) is 0 Å². The van der Waals surface area contributed by atoms with Gasteiger partial charge in [-0.15, -0.1) is 11.3 Å². The molecule has 0 saturated heterocycles. The number of thiazole rings is 1. The Labute approximate surface area is 369 Å². The number of hydrogen-bond acceptors (Lipinski definition) is 4. The van der Waals surface area contributed by atoms with Crippen LogP contribution in [0.25, 0.3) is 98.0 Å². The molecule has 12 rings (SSSR count). The molecule has 296 valence electrons. The van der Waals surface area contributed by atoms with E-state index in [2.05, 4.69) is 229 Å². The van der Waals surface area contributed by atoms with E-state index in [0.29, 0.717) is 0 Å². The second-order valence-corrected chi connectivity index (χ2v) is 16.9. The molecule has 0 aliphatic rings. The lowest BCUT2D eigenvalue weighted by atomic mass is 9.92. The fourth-order valence-electron chi connectivity index (χ4n) is 9.05. The summed E-state index contributed by atoms with van der Waals surface area (Å²) in [5.41, 5.74) is 16.5. The lowest BCUT2D eigenvalue weighted by Crippen LogP contribution is -2.10. The number of hydrogen-bond donors (Lipinski definition) is 0. The zero-order chi connectivity index (χ0) is 41.7. The Bertz CT molecular complexity index is 3590. The van der Waals surface area contributed by atoms with Crippen LogP contribution in [0.1, 0.15) is 0 Å². The van der Waals surface area contributed by atoms with E-state index >= 15 is 0 Å². The van der Waals surface area contributed by atoms with Crippen molar-refractivity contribution in [2.45, 2.75) is 0 Å². The maximum absolute atomic E-state index is 6.52. The third kappa shape index (κ3) is 6.65. The molecule has 0 atom stereocenters. The van der Waals surface area contributed by atoms with Gasteiger partial charge in [-0.2, -0.15) is 0 Å². The van der Waals surface area contributed by atoms with E-state index in [1.54, 1.807) is 11.3 Å². The molecule has 0 amide bonds. The van der Waals surface area contributed by atoms with Crippen molar-refractivity contribution in [3.8, 4) is 55.1 Å². The number of fused-ring (bicyclic) bond motifs is 6. The highest BCUT2D eigenvalue weighted by molar-refractivity contribution is 7.22. The van der Waals surface area contributed by atoms with Crippen LogP contribution in [0.5, 0.6) is 0 Å². The zero-order valence-corrected chi connectivity index (χ0v) is 35.0. The molecular weight excluding hydrogens is 785 g/mol. The summed E-state index contributed by atoms with van der Waals surface area (Å²) in [6.07, 6.45) is 0. The van der Waals surface area contributed by atoms with Gasteiger partial charge in [-0.1, -0.05) is 170 Å². The van der Waals surface area contributed by atoms with Gasteiger partial charge in [0.15, 0.2) is 0 Å². The van der Waals surface area contributed by atoms with Crippen LogP contribution in [0.4, 0.5) is 17.1 Å². The van der Waals surface area contributed by atoms with Crippen molar-refractivity contribution < 1.29 is 4.42 Å². The Morgan fingerprint density at radius 1 is 0.349 bits per heavy atom. The molecule has 2 heterocycles. The smallest absolute Gasteiger partial charge is 0.137 e. The van der Waals surface area contributed by atoms with Gasteiger partial charge in [-0.3, -0.25) is 0 Å². The third-order valence-corrected chi connectivity index (χ3v) is 13.3. The zero-order valence-electron chi connectivity index (χ0n) is 34.2. The van der Waals surface area contributed by atoms with E-state index in [4.69, 9.17) is 9.40 Å². The van der Waals surface area contributed by atoms with Crippen LogP contribution < -0.4 is 4.90 Å². The molecule has 2 aromatic heterocycles. The molecule has 0 N–H and O–H groups in total. The predicted molar refractivity (Wildman–Crippen MR) is 266 cm³/mol. The largest absolute Gasteiger partial charge is 0.456 e. The number of rotatable bonds is 8. The number of nitrogens with zero attached hydrogens (tertiary/aromatic N) is 2. The Morgan fingerprint density at radius 2 is 0.873 bits per heavy atom. The van der Waals surface area contributed by atoms with Gasteiger partial charge in [0.05, 0.1) is 10.2 Å². The van der Waals surface area contributed by atoms with Crippen LogP contribution in [0, 0.1) is 0 Å². The summed E-state index contributed by atoms with van der Waals surface area (Å²) in [6.45, 7) is 0. The van der Waals surface area contributed by atoms with Crippen LogP contribution in [0.3, 0.4) is 0 Å². The maximum Gasteiger partial charge on any atom is 0.137 e. The number of furan rings is 1. The molecule has 12 aromatic rings. The Kier molecular flexibility index (Phi) is 9.02. The second kappa shape index (κ2) is 15.4. The van der Waals surface area contributed by atoms with Gasteiger partial charge < -0.3 is 9.32 Å². The SMILES string of the molecule is c1ccc(-c2cccc(N(c3ccc(-c4ccc5c(c4)oc4ccc6nc(-c7ccccc7)sc6c45)cc3)c3ccc(-c4ccc(-c5ccccc5)c5ccccc45)cc3)c2)cc1. The Hall–Kier alpha value is -8.05. The fraction of sp³-hybridized carbons (Fsp3) is 0. The monoisotopic (exact) mass is 822 g/mol. The summed E-state index contributed by atoms with van der Waals surface area (Å²) in [5, 5.41) is 5.74. The minimum absolute atomic E-state index is 0.871. The van der Waals surface area contributed by atoms with Crippen molar-refractivity contribution in [1.82, 2.24) is 4.98 Å². The first-order chi connectivity index (χ1) is 31.2. The van der Waals surface area contributed by atoms with Gasteiger partial charge >= 0.3 is 0 Å². The Morgan fingerprint density at radius 3 is 1.54 bits per heavy atom. The lowest BCUT2D eigenvalue weighted by molar-refractivity contribution is 0.669. The molecule has 0 aliphatic carbocycles. The first-order valence-corrected chi connectivity index (χ1v) is 22.1. The van der Waals surface area contributed by atoms with Crippen molar-refractivity contribution >= 4 is 71.3 Å². The van der Waals surface area contributed by atoms with Crippen LogP contribution in [0.15, 0.2) is 235 Å². The molecule has 0 bridgehead atoms. The minimum Gasteiger partial charge on any atom is -0.456 e. The van der Waals surface area contributed by atoms with Crippen LogP contribution >= 0.6 is 11.3 Å². The molecule has 0 fully saturated rings. The van der Waals surface area contributed by atoms with Gasteiger partial charge in [0.1, 0.15) is 16.2 Å². The molecule has 0 radical (unpaired) electrons. The minimum atomic E-state index is 0.871. The van der Waals surface area contributed by atoms with E-state index in [-0.39, 0.29) is 0 Å². The standard InChI is InChI=1S/C59H38N2OS/c1-4-13-39(14-5-1)44-19-12-20-48(37-44)61(47-30-25-42(26-31-47)50-34-33-49(41-15-6-2-7-16-41)51-21-10-11-22-52(50)51)46-28-23-40(24-29-46)45-27-32-53-56(38-45)62-55-36-35-54-58(57(53)55)63-59(60-54)43-17-8-3-9-18-43/h1-38H. The summed E-state index contributed by atoms with van der Waals surface area (Å²) in [4.78, 5) is 7.34. The molecular formula is C59H38N2OS. The molecule has 3 nitrogen and oxygen atoms in total. The van der Waals surface area contributed by atoms with Gasteiger partial charge in [0, 0.05) is 33.4 Å². The second-order valence-electron chi connectivity index (χ2n) is 15.9. The molecule has 10 aromatic carbocycles. The quantitative estimate of drug-likeness (QED) is 0.153. The number of anilines is 3. The normalized spacial score (nSPS) is 11.5. The van der Waals surface area contributed by atoms with Gasteiger partial charge in [0.2, 0.25) is 0 Å². The first kappa shape index (κ1) is 36.8. The lowest BCUT2D eigenvalue weighted by Gasteiger charge is -2.26. The third-order valence-electron chi connectivity index (χ3n) is 12.1. The summed E-state index contributed by atoms with van der Waals surface area (Å²) in [7, 11) is 0. The van der Waals surface area contributed by atoms with Crippen molar-refractivity contribution in [3.63, 3.8) is 0 Å². The van der Waals surface area contributed by atoms with Crippen LogP contribution in [-0.2, 0) is 0 Å². The van der Waals surface area contributed by atoms with Gasteiger partial charge in [-0.05, 0) is 116 Å². The number of benzene rings is 10. The van der Waals surface area contributed by atoms with E-state index in [1.165, 1.54) is 44.2 Å². The van der Waals surface area contributed by atoms with E-state index < -0.39 is 0 Å². The van der Waals surface area contributed by atoms with Gasteiger partial charge in [-0.25, -0.2) is 4.98 Å². The van der Waals surface area contributed by atoms with Crippen molar-refractivity contribution in [1.29, 1.82) is 0 Å². The topological polar surface area (TPSA) is 29.3 Å². The fourth-order valence-corrected chi connectivity index (χ4v) is 10.2. The predicted octanol–water partition coefficient (Wildman–Crippen LogP) is 17.2. The first-order valence-electron chi connectivity index (χ1n) is 21.3. The van der Waals surface area contributed by atoms with Crippen molar-refractivity contribution in [3.05, 3.63) is 231 Å². The highest BCUT2D eigenvalue weighted by Gasteiger charge is 2.18. The van der Waals surface area contributed by atoms with E-state index in [0.717, 1.165) is 70.9 Å². The highest BCUT2D eigenvalue weighted by atomic mass is 32.1. The van der Waals surface area contributed by atoms with E-state index in [1.807, 2.05) is 6.07 Å². The van der Waals surface area contributed by atoms with E-state index in [9.17, 15) is 0 Å². The summed E-state index contributed by atoms with van der Waals surface area (Å²) in [5.74, 6) is 0. The molecule has 0 spiro atoms. The average molecular weight is 823 g/mol. The molecule has 0 saturated carbocycles. The highest BCUT2D eigenvalue weighted by Crippen LogP contribution is 2.43. The van der Waals surface area contributed by atoms with Crippen LogP contribution in [-0.4, -0.2) is 4.98 Å². The summed E-state index contributed by atoms with van der Waals surface area (Å²) < 4.78 is 7.68. The summed E-state index contributed by atoms with van der Waals surface area (Å²) >= 11 is 1.72. The van der Waals surface area contributed by atoms with Crippen LogP contribution in [0.2, 0.25) is 0 Å². The number of aromatic nitrogens is 1. The van der Waals surface area contributed by atoms with Gasteiger partial charge in [0.25, 0.3) is 0 Å². The molecule has 0 unspecified atom stereocenters. The Balaban J connectivity index is 0.912. The molecule has 63 heavy (non-hydrogen) atoms. The molecule has 0 aliphatic heterocycles. The maximum atomic E-state index is 6.52. The molecule has 4 heteroatoms. The van der Waals surface area contributed by atoms with Crippen molar-refractivity contribution in [2.75, 3.05) is 4.90 Å².